The molecule has 1 aliphatic carbocycles. The number of hydrogen-bond donors (Lipinski definition) is 2. The normalized spacial score (nSPS) is 14.8. The zero-order valence-corrected chi connectivity index (χ0v) is 16.2. The maximum Gasteiger partial charge on any atom is 0.251 e. The summed E-state index contributed by atoms with van der Waals surface area (Å²) in [6.07, 6.45) is 5.83. The predicted molar refractivity (Wildman–Crippen MR) is 112 cm³/mol. The molecule has 1 aromatic heterocycles. The van der Waals surface area contributed by atoms with E-state index in [0.717, 1.165) is 29.8 Å². The molecule has 0 radical (unpaired) electrons. The van der Waals surface area contributed by atoms with Gasteiger partial charge in [0.1, 0.15) is 5.82 Å². The average Bonchev–Trinajstić information content (AvgIpc) is 3.10. The molecular formula is C23H26N4O. The van der Waals surface area contributed by atoms with E-state index in [0.29, 0.717) is 17.4 Å². The third kappa shape index (κ3) is 3.93. The third-order valence-electron chi connectivity index (χ3n) is 5.37. The van der Waals surface area contributed by atoms with Crippen molar-refractivity contribution >= 4 is 11.7 Å². The highest BCUT2D eigenvalue weighted by Crippen LogP contribution is 2.24. The largest absolute Gasteiger partial charge is 0.384 e. The van der Waals surface area contributed by atoms with E-state index in [2.05, 4.69) is 29.5 Å². The van der Waals surface area contributed by atoms with Crippen LogP contribution in [0.5, 0.6) is 0 Å². The fourth-order valence-corrected chi connectivity index (χ4v) is 3.82. The Balaban J connectivity index is 1.51. The van der Waals surface area contributed by atoms with Crippen LogP contribution in [0, 0.1) is 6.92 Å². The molecule has 28 heavy (non-hydrogen) atoms. The molecule has 144 valence electrons. The van der Waals surface area contributed by atoms with E-state index in [4.69, 9.17) is 5.73 Å². The second kappa shape index (κ2) is 7.89. The lowest BCUT2D eigenvalue weighted by molar-refractivity contribution is 0.0927. The van der Waals surface area contributed by atoms with Gasteiger partial charge >= 0.3 is 0 Å². The molecule has 5 heteroatoms. The first-order valence-corrected chi connectivity index (χ1v) is 9.94. The highest BCUT2D eigenvalue weighted by Gasteiger charge is 2.17. The van der Waals surface area contributed by atoms with Gasteiger partial charge in [0, 0.05) is 23.2 Å². The van der Waals surface area contributed by atoms with E-state index in [1.165, 1.54) is 24.8 Å². The van der Waals surface area contributed by atoms with Crippen molar-refractivity contribution in [1.29, 1.82) is 0 Å². The lowest BCUT2D eigenvalue weighted by Crippen LogP contribution is -2.36. The number of anilines is 1. The summed E-state index contributed by atoms with van der Waals surface area (Å²) < 4.78 is 1.71. The Morgan fingerprint density at radius 1 is 1.07 bits per heavy atom. The number of nitrogen functional groups attached to an aromatic ring is 1. The summed E-state index contributed by atoms with van der Waals surface area (Å²) in [5, 5.41) is 7.80. The van der Waals surface area contributed by atoms with Gasteiger partial charge in [-0.2, -0.15) is 5.10 Å². The number of benzene rings is 2. The monoisotopic (exact) mass is 374 g/mol. The molecule has 0 bridgehead atoms. The number of nitrogens with zero attached hydrogens (tertiary/aromatic N) is 2. The molecule has 3 N–H and O–H groups in total. The molecule has 4 rings (SSSR count). The average molecular weight is 374 g/mol. The maximum absolute atomic E-state index is 12.5. The number of carbonyl (C=O) groups is 1. The fourth-order valence-electron chi connectivity index (χ4n) is 3.82. The van der Waals surface area contributed by atoms with Crippen molar-refractivity contribution in [2.45, 2.75) is 45.1 Å². The summed E-state index contributed by atoms with van der Waals surface area (Å²) in [4.78, 5) is 12.5. The van der Waals surface area contributed by atoms with Crippen LogP contribution in [-0.2, 0) is 0 Å². The Bertz CT molecular complexity index is 969. The van der Waals surface area contributed by atoms with Crippen LogP contribution in [0.4, 0.5) is 5.82 Å². The zero-order chi connectivity index (χ0) is 19.5. The summed E-state index contributed by atoms with van der Waals surface area (Å²) in [6, 6.07) is 17.8. The molecule has 3 aromatic rings. The molecule has 1 fully saturated rings. The number of aromatic nitrogens is 2. The van der Waals surface area contributed by atoms with Gasteiger partial charge in [0.05, 0.1) is 11.4 Å². The van der Waals surface area contributed by atoms with Crippen LogP contribution in [0.25, 0.3) is 16.9 Å². The minimum atomic E-state index is -0.00710. The number of hydrogen-bond acceptors (Lipinski definition) is 3. The number of rotatable bonds is 4. The van der Waals surface area contributed by atoms with Gasteiger partial charge in [0.25, 0.3) is 5.91 Å². The van der Waals surface area contributed by atoms with Crippen molar-refractivity contribution in [3.05, 3.63) is 65.7 Å². The second-order valence-electron chi connectivity index (χ2n) is 7.59. The Morgan fingerprint density at radius 2 is 1.82 bits per heavy atom. The van der Waals surface area contributed by atoms with Crippen molar-refractivity contribution in [2.24, 2.45) is 0 Å². The minimum Gasteiger partial charge on any atom is -0.384 e. The molecular weight excluding hydrogens is 348 g/mol. The lowest BCUT2D eigenvalue weighted by Gasteiger charge is -2.22. The molecule has 0 aliphatic heterocycles. The zero-order valence-electron chi connectivity index (χ0n) is 16.2. The summed E-state index contributed by atoms with van der Waals surface area (Å²) in [6.45, 7) is 2.06. The van der Waals surface area contributed by atoms with Crippen molar-refractivity contribution in [3.8, 4) is 16.9 Å². The number of aryl methyl sites for hydroxylation is 1. The summed E-state index contributed by atoms with van der Waals surface area (Å²) in [7, 11) is 0. The Morgan fingerprint density at radius 3 is 2.54 bits per heavy atom. The van der Waals surface area contributed by atoms with Crippen LogP contribution >= 0.6 is 0 Å². The second-order valence-corrected chi connectivity index (χ2v) is 7.59. The molecule has 0 saturated heterocycles. The van der Waals surface area contributed by atoms with Crippen molar-refractivity contribution in [1.82, 2.24) is 15.1 Å². The van der Waals surface area contributed by atoms with Gasteiger partial charge in [-0.3, -0.25) is 4.79 Å². The van der Waals surface area contributed by atoms with Gasteiger partial charge in [0.2, 0.25) is 0 Å². The van der Waals surface area contributed by atoms with Crippen LogP contribution in [0.15, 0.2) is 54.6 Å². The standard InChI is InChI=1S/C23H26N4O/c1-16-6-5-7-18(14-16)21-15-22(24)27(26-21)20-12-10-17(11-13-20)23(28)25-19-8-3-2-4-9-19/h5-7,10-15,19H,2-4,8-9,24H2,1H3,(H,25,28). The van der Waals surface area contributed by atoms with Crippen LogP contribution in [0.1, 0.15) is 48.0 Å². The van der Waals surface area contributed by atoms with Crippen molar-refractivity contribution in [2.75, 3.05) is 5.73 Å². The molecule has 1 amide bonds. The molecule has 0 spiro atoms. The van der Waals surface area contributed by atoms with Gasteiger partial charge in [-0.25, -0.2) is 4.68 Å². The van der Waals surface area contributed by atoms with E-state index in [1.54, 1.807) is 4.68 Å². The van der Waals surface area contributed by atoms with Crippen molar-refractivity contribution in [3.63, 3.8) is 0 Å². The van der Waals surface area contributed by atoms with Crippen LogP contribution in [0.3, 0.4) is 0 Å². The predicted octanol–water partition coefficient (Wildman–Crippen LogP) is 4.49. The molecule has 1 saturated carbocycles. The fraction of sp³-hybridized carbons (Fsp3) is 0.304. The number of nitrogens with one attached hydrogen (secondary N) is 1. The molecule has 0 atom stereocenters. The highest BCUT2D eigenvalue weighted by molar-refractivity contribution is 5.94. The van der Waals surface area contributed by atoms with Gasteiger partial charge in [-0.1, -0.05) is 43.0 Å². The maximum atomic E-state index is 12.5. The number of carbonyl (C=O) groups excluding carboxylic acids is 1. The van der Waals surface area contributed by atoms with Gasteiger partial charge < -0.3 is 11.1 Å². The Kier molecular flexibility index (Phi) is 5.15. The van der Waals surface area contributed by atoms with Gasteiger partial charge in [0.15, 0.2) is 0 Å². The first-order valence-electron chi connectivity index (χ1n) is 9.94. The van der Waals surface area contributed by atoms with E-state index in [1.807, 2.05) is 42.5 Å². The van der Waals surface area contributed by atoms with Crippen LogP contribution < -0.4 is 11.1 Å². The van der Waals surface area contributed by atoms with Gasteiger partial charge in [-0.15, -0.1) is 0 Å². The molecule has 2 aromatic carbocycles. The van der Waals surface area contributed by atoms with E-state index < -0.39 is 0 Å². The minimum absolute atomic E-state index is 0.00710. The summed E-state index contributed by atoms with van der Waals surface area (Å²) in [5.74, 6) is 0.559. The Hall–Kier alpha value is -3.08. The topological polar surface area (TPSA) is 72.9 Å². The first kappa shape index (κ1) is 18.3. The summed E-state index contributed by atoms with van der Waals surface area (Å²) in [5.41, 5.74) is 10.7. The molecule has 0 unspecified atom stereocenters. The van der Waals surface area contributed by atoms with Gasteiger partial charge in [-0.05, 0) is 50.1 Å². The smallest absolute Gasteiger partial charge is 0.251 e. The third-order valence-corrected chi connectivity index (χ3v) is 5.37. The summed E-state index contributed by atoms with van der Waals surface area (Å²) >= 11 is 0. The molecule has 1 heterocycles. The highest BCUT2D eigenvalue weighted by atomic mass is 16.1. The quantitative estimate of drug-likeness (QED) is 0.706. The van der Waals surface area contributed by atoms with Crippen LogP contribution in [-0.4, -0.2) is 21.7 Å². The van der Waals surface area contributed by atoms with E-state index in [-0.39, 0.29) is 5.91 Å². The molecule has 1 aliphatic rings. The molecule has 5 nitrogen and oxygen atoms in total. The number of nitrogens with two attached hydrogens (primary N) is 1. The van der Waals surface area contributed by atoms with Crippen molar-refractivity contribution < 1.29 is 4.79 Å². The lowest BCUT2D eigenvalue weighted by atomic mass is 9.95. The SMILES string of the molecule is Cc1cccc(-c2cc(N)n(-c3ccc(C(=O)NC4CCCCC4)cc3)n2)c1. The van der Waals surface area contributed by atoms with Crippen LogP contribution in [0.2, 0.25) is 0 Å². The number of amides is 1. The van der Waals surface area contributed by atoms with E-state index in [9.17, 15) is 4.79 Å². The first-order chi connectivity index (χ1) is 13.6. The Labute approximate surface area is 165 Å². The van der Waals surface area contributed by atoms with E-state index >= 15 is 0 Å².